The molecule has 1 unspecified atom stereocenters. The maximum atomic E-state index is 11.0. The maximum Gasteiger partial charge on any atom is 0.165 e. The van der Waals surface area contributed by atoms with E-state index in [0.29, 0.717) is 6.61 Å². The Labute approximate surface area is 71.3 Å². The molecule has 0 aromatic heterocycles. The molecule has 66 valence electrons. The van der Waals surface area contributed by atoms with E-state index in [0.717, 1.165) is 5.57 Å². The van der Waals surface area contributed by atoms with E-state index < -0.39 is 6.10 Å². The van der Waals surface area contributed by atoms with E-state index in [1.807, 2.05) is 6.08 Å². The zero-order chi connectivity index (χ0) is 8.97. The molecule has 0 bridgehead atoms. The molecule has 0 spiro atoms. The Morgan fingerprint density at radius 2 is 2.58 bits per heavy atom. The van der Waals surface area contributed by atoms with Gasteiger partial charge in [0.2, 0.25) is 0 Å². The number of aliphatic hydroxyl groups is 1. The largest absolute Gasteiger partial charge is 0.497 e. The topological polar surface area (TPSA) is 46.5 Å². The Hall–Kier alpha value is -1.09. The molecule has 3 heteroatoms. The minimum atomic E-state index is -0.878. The number of hydrogen-bond donors (Lipinski definition) is 1. The molecule has 0 saturated heterocycles. The Balaban J connectivity index is 2.45. The second kappa shape index (κ2) is 4.07. The highest BCUT2D eigenvalue weighted by atomic mass is 16.5. The van der Waals surface area contributed by atoms with Gasteiger partial charge in [0.25, 0.3) is 0 Å². The number of aliphatic hydroxyl groups excluding tert-OH is 1. The van der Waals surface area contributed by atoms with Gasteiger partial charge in [-0.3, -0.25) is 4.79 Å². The fourth-order valence-corrected chi connectivity index (χ4v) is 0.916. The van der Waals surface area contributed by atoms with E-state index in [1.54, 1.807) is 12.3 Å². The third-order valence-electron chi connectivity index (χ3n) is 1.64. The summed E-state index contributed by atoms with van der Waals surface area (Å²) >= 11 is 0. The van der Waals surface area contributed by atoms with Crippen LogP contribution in [0.5, 0.6) is 0 Å². The van der Waals surface area contributed by atoms with Crippen LogP contribution in [0.4, 0.5) is 0 Å². The second-order valence-electron chi connectivity index (χ2n) is 2.78. The van der Waals surface area contributed by atoms with Gasteiger partial charge >= 0.3 is 0 Å². The minimum Gasteiger partial charge on any atom is -0.497 e. The first-order valence-corrected chi connectivity index (χ1v) is 3.87. The van der Waals surface area contributed by atoms with E-state index in [4.69, 9.17) is 9.84 Å². The van der Waals surface area contributed by atoms with Gasteiger partial charge in [0.05, 0.1) is 6.26 Å². The average Bonchev–Trinajstić information content (AvgIpc) is 2.06. The molecular formula is C9H12O3. The van der Waals surface area contributed by atoms with Crippen LogP contribution in [0.2, 0.25) is 0 Å². The Bertz CT molecular complexity index is 226. The van der Waals surface area contributed by atoms with Gasteiger partial charge in [-0.25, -0.2) is 0 Å². The summed E-state index contributed by atoms with van der Waals surface area (Å²) in [5.74, 6) is -0.167. The lowest BCUT2D eigenvalue weighted by molar-refractivity contribution is -0.125. The van der Waals surface area contributed by atoms with Gasteiger partial charge in [0, 0.05) is 6.42 Å². The molecule has 0 saturated carbocycles. The van der Waals surface area contributed by atoms with Crippen molar-refractivity contribution in [3.63, 3.8) is 0 Å². The summed E-state index contributed by atoms with van der Waals surface area (Å²) in [7, 11) is 0. The molecule has 1 aliphatic heterocycles. The molecule has 1 aliphatic rings. The number of ketones is 1. The molecule has 1 N–H and O–H groups in total. The molecule has 0 radical (unpaired) electrons. The van der Waals surface area contributed by atoms with Crippen LogP contribution in [0.15, 0.2) is 24.0 Å². The molecule has 0 aliphatic carbocycles. The van der Waals surface area contributed by atoms with Gasteiger partial charge in [-0.1, -0.05) is 6.08 Å². The molecule has 0 aromatic carbocycles. The highest BCUT2D eigenvalue weighted by Crippen LogP contribution is 2.09. The van der Waals surface area contributed by atoms with Crippen LogP contribution < -0.4 is 0 Å². The average molecular weight is 168 g/mol. The first-order chi connectivity index (χ1) is 5.70. The molecule has 1 heterocycles. The third kappa shape index (κ3) is 2.51. The van der Waals surface area contributed by atoms with Crippen molar-refractivity contribution in [2.45, 2.75) is 19.4 Å². The number of hydrogen-bond acceptors (Lipinski definition) is 3. The van der Waals surface area contributed by atoms with E-state index in [-0.39, 0.29) is 12.2 Å². The highest BCUT2D eigenvalue weighted by molar-refractivity contribution is 5.84. The number of ether oxygens (including phenoxy) is 1. The van der Waals surface area contributed by atoms with Crippen molar-refractivity contribution in [1.82, 2.24) is 0 Å². The van der Waals surface area contributed by atoms with Gasteiger partial charge in [0.1, 0.15) is 12.7 Å². The van der Waals surface area contributed by atoms with Crippen molar-refractivity contribution < 1.29 is 14.6 Å². The number of rotatable bonds is 3. The van der Waals surface area contributed by atoms with E-state index in [9.17, 15) is 4.79 Å². The zero-order valence-corrected chi connectivity index (χ0v) is 6.99. The Kier molecular flexibility index (Phi) is 3.05. The zero-order valence-electron chi connectivity index (χ0n) is 6.99. The van der Waals surface area contributed by atoms with Gasteiger partial charge in [0.15, 0.2) is 5.78 Å². The lowest BCUT2D eigenvalue weighted by Crippen LogP contribution is -2.17. The summed E-state index contributed by atoms with van der Waals surface area (Å²) in [6.07, 6.45) is 4.56. The minimum absolute atomic E-state index is 0.167. The van der Waals surface area contributed by atoms with Crippen molar-refractivity contribution in [2.75, 3.05) is 6.61 Å². The van der Waals surface area contributed by atoms with Crippen LogP contribution in [0.1, 0.15) is 13.3 Å². The lowest BCUT2D eigenvalue weighted by atomic mass is 10.1. The fraction of sp³-hybridized carbons (Fsp3) is 0.444. The molecule has 12 heavy (non-hydrogen) atoms. The molecule has 0 fully saturated rings. The first kappa shape index (κ1) is 9.00. The summed E-state index contributed by atoms with van der Waals surface area (Å²) in [5.41, 5.74) is 0.906. The first-order valence-electron chi connectivity index (χ1n) is 3.87. The second-order valence-corrected chi connectivity index (χ2v) is 2.78. The smallest absolute Gasteiger partial charge is 0.165 e. The highest BCUT2D eigenvalue weighted by Gasteiger charge is 2.12. The Morgan fingerprint density at radius 1 is 1.83 bits per heavy atom. The third-order valence-corrected chi connectivity index (χ3v) is 1.64. The van der Waals surface area contributed by atoms with Crippen LogP contribution in [-0.2, 0) is 9.53 Å². The summed E-state index contributed by atoms with van der Waals surface area (Å²) in [6, 6.07) is 0. The SMILES string of the molecule is CC(O)C(=O)CC1=CC=COC1. The van der Waals surface area contributed by atoms with Crippen molar-refractivity contribution in [3.05, 3.63) is 24.0 Å². The van der Waals surface area contributed by atoms with Crippen molar-refractivity contribution >= 4 is 5.78 Å². The van der Waals surface area contributed by atoms with E-state index >= 15 is 0 Å². The summed E-state index contributed by atoms with van der Waals surface area (Å²) in [4.78, 5) is 11.0. The standard InChI is InChI=1S/C9H12O3/c1-7(10)9(11)5-8-3-2-4-12-6-8/h2-4,7,10H,5-6H2,1H3. The van der Waals surface area contributed by atoms with Crippen molar-refractivity contribution in [1.29, 1.82) is 0 Å². The van der Waals surface area contributed by atoms with Crippen molar-refractivity contribution in [2.24, 2.45) is 0 Å². The van der Waals surface area contributed by atoms with E-state index in [1.165, 1.54) is 6.92 Å². The molecule has 0 aromatic rings. The van der Waals surface area contributed by atoms with Crippen molar-refractivity contribution in [3.8, 4) is 0 Å². The maximum absolute atomic E-state index is 11.0. The van der Waals surface area contributed by atoms with Crippen LogP contribution in [-0.4, -0.2) is 23.6 Å². The van der Waals surface area contributed by atoms with Crippen LogP contribution in [0.3, 0.4) is 0 Å². The number of Topliss-reactive ketones (excluding diaryl/α,β-unsaturated/α-hetero) is 1. The van der Waals surface area contributed by atoms with Crippen LogP contribution in [0.25, 0.3) is 0 Å². The number of carbonyl (C=O) groups is 1. The molecule has 1 atom stereocenters. The lowest BCUT2D eigenvalue weighted by Gasteiger charge is -2.10. The summed E-state index contributed by atoms with van der Waals surface area (Å²) in [6.45, 7) is 1.93. The van der Waals surface area contributed by atoms with Gasteiger partial charge < -0.3 is 9.84 Å². The normalized spacial score (nSPS) is 18.0. The predicted molar refractivity (Wildman–Crippen MR) is 44.5 cm³/mol. The molecular weight excluding hydrogens is 156 g/mol. The molecule has 1 rings (SSSR count). The van der Waals surface area contributed by atoms with E-state index in [2.05, 4.69) is 0 Å². The van der Waals surface area contributed by atoms with Gasteiger partial charge in [-0.2, -0.15) is 0 Å². The molecule has 0 amide bonds. The quantitative estimate of drug-likeness (QED) is 0.678. The fourth-order valence-electron chi connectivity index (χ4n) is 0.916. The number of allylic oxidation sites excluding steroid dienone is 2. The predicted octanol–water partition coefficient (Wildman–Crippen LogP) is 0.797. The Morgan fingerprint density at radius 3 is 3.08 bits per heavy atom. The van der Waals surface area contributed by atoms with Crippen LogP contribution in [0, 0.1) is 0 Å². The van der Waals surface area contributed by atoms with Gasteiger partial charge in [-0.05, 0) is 18.6 Å². The molecule has 3 nitrogen and oxygen atoms in total. The monoisotopic (exact) mass is 168 g/mol. The van der Waals surface area contributed by atoms with Gasteiger partial charge in [-0.15, -0.1) is 0 Å². The summed E-state index contributed by atoms with van der Waals surface area (Å²) in [5, 5.41) is 8.92. The summed E-state index contributed by atoms with van der Waals surface area (Å²) < 4.78 is 4.98. The number of carbonyl (C=O) groups excluding carboxylic acids is 1. The van der Waals surface area contributed by atoms with Crippen LogP contribution >= 0.6 is 0 Å².